The lowest BCUT2D eigenvalue weighted by Crippen LogP contribution is -2.18. The van der Waals surface area contributed by atoms with Crippen molar-refractivity contribution in [3.8, 4) is 6.07 Å². The zero-order valence-electron chi connectivity index (χ0n) is 9.74. The van der Waals surface area contributed by atoms with Gasteiger partial charge in [0.2, 0.25) is 0 Å². The van der Waals surface area contributed by atoms with Gasteiger partial charge in [0.05, 0.1) is 11.5 Å². The highest BCUT2D eigenvalue weighted by Gasteiger charge is 2.30. The highest BCUT2D eigenvalue weighted by atomic mass is 32.1. The first kappa shape index (κ1) is 11.7. The van der Waals surface area contributed by atoms with Gasteiger partial charge in [-0.05, 0) is 37.1 Å². The zero-order valence-corrected chi connectivity index (χ0v) is 10.6. The van der Waals surface area contributed by atoms with Crippen LogP contribution in [0.4, 0.5) is 0 Å². The molecule has 1 nitrogen and oxygen atoms in total. The van der Waals surface area contributed by atoms with Crippen LogP contribution in [0.15, 0.2) is 17.5 Å². The van der Waals surface area contributed by atoms with Crippen molar-refractivity contribution < 1.29 is 0 Å². The molecule has 16 heavy (non-hydrogen) atoms. The maximum absolute atomic E-state index is 9.45. The molecule has 1 fully saturated rings. The van der Waals surface area contributed by atoms with Crippen LogP contribution in [0, 0.1) is 16.7 Å². The van der Waals surface area contributed by atoms with Crippen LogP contribution < -0.4 is 0 Å². The molecule has 0 aliphatic heterocycles. The van der Waals surface area contributed by atoms with Crippen LogP contribution in [0.2, 0.25) is 0 Å². The van der Waals surface area contributed by atoms with Crippen molar-refractivity contribution in [3.05, 3.63) is 22.4 Å². The van der Waals surface area contributed by atoms with E-state index in [1.807, 2.05) is 11.3 Å². The summed E-state index contributed by atoms with van der Waals surface area (Å²) < 4.78 is 0. The third-order valence-corrected chi connectivity index (χ3v) is 4.66. The summed E-state index contributed by atoms with van der Waals surface area (Å²) in [6.07, 6.45) is 9.53. The van der Waals surface area contributed by atoms with Gasteiger partial charge in [-0.2, -0.15) is 5.26 Å². The molecule has 1 saturated carbocycles. The molecule has 0 amide bonds. The maximum atomic E-state index is 9.45. The Balaban J connectivity index is 1.96. The Morgan fingerprint density at radius 3 is 2.56 bits per heavy atom. The summed E-state index contributed by atoms with van der Waals surface area (Å²) in [5.74, 6) is 0. The number of thiophene rings is 1. The van der Waals surface area contributed by atoms with E-state index in [1.165, 1.54) is 30.6 Å². The first-order valence-corrected chi connectivity index (χ1v) is 7.16. The van der Waals surface area contributed by atoms with Gasteiger partial charge in [0.25, 0.3) is 0 Å². The standard InChI is InChI=1S/C14H19NS/c15-12-14(8-3-1-2-4-9-14)10-7-13-6-5-11-16-13/h5-6,11H,1-4,7-10H2. The van der Waals surface area contributed by atoms with E-state index in [0.29, 0.717) is 0 Å². The third kappa shape index (κ3) is 2.86. The fraction of sp³-hybridized carbons (Fsp3) is 0.643. The third-order valence-electron chi connectivity index (χ3n) is 3.73. The molecule has 0 radical (unpaired) electrons. The minimum atomic E-state index is -0.0134. The van der Waals surface area contributed by atoms with Gasteiger partial charge < -0.3 is 0 Å². The SMILES string of the molecule is N#CC1(CCc2cccs2)CCCCCC1. The average Bonchev–Trinajstić information content (AvgIpc) is 2.72. The lowest BCUT2D eigenvalue weighted by Gasteiger charge is -2.24. The van der Waals surface area contributed by atoms with Gasteiger partial charge in [-0.3, -0.25) is 0 Å². The Morgan fingerprint density at radius 1 is 1.25 bits per heavy atom. The summed E-state index contributed by atoms with van der Waals surface area (Å²) in [5, 5.41) is 11.6. The van der Waals surface area contributed by atoms with Crippen LogP contribution in [0.25, 0.3) is 0 Å². The Kier molecular flexibility index (Phi) is 4.01. The number of nitrogens with zero attached hydrogens (tertiary/aromatic N) is 1. The van der Waals surface area contributed by atoms with Gasteiger partial charge in [-0.25, -0.2) is 0 Å². The quantitative estimate of drug-likeness (QED) is 0.703. The van der Waals surface area contributed by atoms with E-state index in [9.17, 15) is 5.26 Å². The molecule has 0 saturated heterocycles. The fourth-order valence-electron chi connectivity index (χ4n) is 2.64. The van der Waals surface area contributed by atoms with Crippen LogP contribution >= 0.6 is 11.3 Å². The Morgan fingerprint density at radius 2 is 2.00 bits per heavy atom. The molecule has 86 valence electrons. The van der Waals surface area contributed by atoms with E-state index in [0.717, 1.165) is 25.7 Å². The van der Waals surface area contributed by atoms with Crippen LogP contribution in [0.3, 0.4) is 0 Å². The van der Waals surface area contributed by atoms with E-state index in [1.54, 1.807) is 0 Å². The van der Waals surface area contributed by atoms with E-state index >= 15 is 0 Å². The lowest BCUT2D eigenvalue weighted by atomic mass is 9.78. The number of hydrogen-bond acceptors (Lipinski definition) is 2. The predicted molar refractivity (Wildman–Crippen MR) is 68.4 cm³/mol. The second kappa shape index (κ2) is 5.50. The van der Waals surface area contributed by atoms with Crippen molar-refractivity contribution in [1.82, 2.24) is 0 Å². The van der Waals surface area contributed by atoms with Gasteiger partial charge in [0.15, 0.2) is 0 Å². The van der Waals surface area contributed by atoms with E-state index in [4.69, 9.17) is 0 Å². The van der Waals surface area contributed by atoms with Crippen LogP contribution in [0.5, 0.6) is 0 Å². The molecule has 0 aromatic carbocycles. The van der Waals surface area contributed by atoms with Crippen molar-refractivity contribution in [3.63, 3.8) is 0 Å². The lowest BCUT2D eigenvalue weighted by molar-refractivity contribution is 0.316. The summed E-state index contributed by atoms with van der Waals surface area (Å²) in [7, 11) is 0. The van der Waals surface area contributed by atoms with E-state index in [2.05, 4.69) is 23.6 Å². The highest BCUT2D eigenvalue weighted by molar-refractivity contribution is 7.09. The van der Waals surface area contributed by atoms with Crippen LogP contribution in [0.1, 0.15) is 49.8 Å². The Labute approximate surface area is 102 Å². The molecule has 0 unspecified atom stereocenters. The molecular weight excluding hydrogens is 214 g/mol. The van der Waals surface area contributed by atoms with Crippen molar-refractivity contribution in [1.29, 1.82) is 5.26 Å². The largest absolute Gasteiger partial charge is 0.198 e. The van der Waals surface area contributed by atoms with Crippen LogP contribution in [-0.2, 0) is 6.42 Å². The minimum Gasteiger partial charge on any atom is -0.198 e. The monoisotopic (exact) mass is 233 g/mol. The number of hydrogen-bond donors (Lipinski definition) is 0. The molecule has 0 bridgehead atoms. The molecular formula is C14H19NS. The number of aryl methyl sites for hydroxylation is 1. The molecule has 1 aliphatic rings. The highest BCUT2D eigenvalue weighted by Crippen LogP contribution is 2.38. The van der Waals surface area contributed by atoms with Crippen molar-refractivity contribution in [2.45, 2.75) is 51.4 Å². The summed E-state index contributed by atoms with van der Waals surface area (Å²) in [6.45, 7) is 0. The smallest absolute Gasteiger partial charge is 0.0689 e. The summed E-state index contributed by atoms with van der Waals surface area (Å²) in [6, 6.07) is 6.91. The Bertz CT molecular complexity index is 339. The Hall–Kier alpha value is -0.810. The molecule has 1 heterocycles. The topological polar surface area (TPSA) is 23.8 Å². The zero-order chi connectivity index (χ0) is 11.3. The fourth-order valence-corrected chi connectivity index (χ4v) is 3.35. The molecule has 1 aliphatic carbocycles. The summed E-state index contributed by atoms with van der Waals surface area (Å²) in [4.78, 5) is 1.43. The molecule has 0 atom stereocenters. The van der Waals surface area contributed by atoms with Crippen LogP contribution in [-0.4, -0.2) is 0 Å². The second-order valence-corrected chi connectivity index (χ2v) is 5.92. The van der Waals surface area contributed by atoms with Gasteiger partial charge in [-0.15, -0.1) is 11.3 Å². The summed E-state index contributed by atoms with van der Waals surface area (Å²) in [5.41, 5.74) is -0.0134. The van der Waals surface area contributed by atoms with Gasteiger partial charge in [-0.1, -0.05) is 31.7 Å². The average molecular weight is 233 g/mol. The van der Waals surface area contributed by atoms with Gasteiger partial charge in [0, 0.05) is 4.88 Å². The first-order chi connectivity index (χ1) is 7.85. The molecule has 2 heteroatoms. The molecule has 1 aromatic heterocycles. The predicted octanol–water partition coefficient (Wildman–Crippen LogP) is 4.54. The normalized spacial score (nSPS) is 19.9. The first-order valence-electron chi connectivity index (χ1n) is 6.28. The number of rotatable bonds is 3. The molecule has 2 rings (SSSR count). The molecule has 0 N–H and O–H groups in total. The van der Waals surface area contributed by atoms with Gasteiger partial charge in [0.1, 0.15) is 0 Å². The molecule has 1 aromatic rings. The van der Waals surface area contributed by atoms with Gasteiger partial charge >= 0.3 is 0 Å². The number of nitriles is 1. The van der Waals surface area contributed by atoms with E-state index in [-0.39, 0.29) is 5.41 Å². The maximum Gasteiger partial charge on any atom is 0.0689 e. The summed E-state index contributed by atoms with van der Waals surface area (Å²) >= 11 is 1.82. The molecule has 0 spiro atoms. The van der Waals surface area contributed by atoms with Crippen molar-refractivity contribution in [2.24, 2.45) is 5.41 Å². The van der Waals surface area contributed by atoms with Crippen molar-refractivity contribution >= 4 is 11.3 Å². The second-order valence-electron chi connectivity index (χ2n) is 4.89. The minimum absolute atomic E-state index is 0.0134. The van der Waals surface area contributed by atoms with E-state index < -0.39 is 0 Å². The van der Waals surface area contributed by atoms with Crippen molar-refractivity contribution in [2.75, 3.05) is 0 Å².